The molecule has 2 aromatic rings. The molecule has 4 unspecified atom stereocenters. The van der Waals surface area contributed by atoms with Gasteiger partial charge in [-0.05, 0) is 41.7 Å². The number of hydrogen-bond acceptors (Lipinski definition) is 2. The second-order valence-corrected chi connectivity index (χ2v) is 8.12. The van der Waals surface area contributed by atoms with Gasteiger partial charge in [0, 0.05) is 35.4 Å². The summed E-state index contributed by atoms with van der Waals surface area (Å²) in [5.41, 5.74) is 2.77. The highest BCUT2D eigenvalue weighted by molar-refractivity contribution is 6.30. The quantitative estimate of drug-likeness (QED) is 0.863. The third-order valence-electron chi connectivity index (χ3n) is 7.01. The van der Waals surface area contributed by atoms with Crippen LogP contribution in [-0.2, 0) is 10.2 Å². The minimum atomic E-state index is -0.716. The zero-order chi connectivity index (χ0) is 17.2. The van der Waals surface area contributed by atoms with Crippen LogP contribution >= 0.6 is 11.6 Å². The van der Waals surface area contributed by atoms with E-state index < -0.39 is 11.4 Å². The van der Waals surface area contributed by atoms with E-state index >= 15 is 0 Å². The van der Waals surface area contributed by atoms with Crippen molar-refractivity contribution >= 4 is 17.6 Å². The van der Waals surface area contributed by atoms with Crippen LogP contribution in [0, 0.1) is 11.3 Å². The molecule has 1 aliphatic heterocycles. The molecule has 4 aliphatic rings. The number of carboxylic acid groups (broad SMARTS) is 1. The van der Waals surface area contributed by atoms with Gasteiger partial charge in [0.05, 0.1) is 5.41 Å². The number of carbonyl (C=O) groups is 1. The largest absolute Gasteiger partial charge is 0.481 e. The molecule has 6 rings (SSSR count). The Morgan fingerprint density at radius 3 is 2.68 bits per heavy atom. The molecule has 2 fully saturated rings. The van der Waals surface area contributed by atoms with Crippen molar-refractivity contribution in [2.24, 2.45) is 11.3 Å². The smallest absolute Gasteiger partial charge is 0.311 e. The van der Waals surface area contributed by atoms with Crippen LogP contribution in [0.4, 0.5) is 0 Å². The van der Waals surface area contributed by atoms with Crippen molar-refractivity contribution in [1.82, 2.24) is 5.32 Å². The normalized spacial score (nSPS) is 35.2. The number of halogens is 1. The van der Waals surface area contributed by atoms with Crippen LogP contribution in [0.25, 0.3) is 0 Å². The van der Waals surface area contributed by atoms with E-state index in [4.69, 9.17) is 11.6 Å². The Kier molecular flexibility index (Phi) is 3.14. The van der Waals surface area contributed by atoms with E-state index in [9.17, 15) is 9.90 Å². The van der Waals surface area contributed by atoms with E-state index in [1.165, 1.54) is 16.7 Å². The summed E-state index contributed by atoms with van der Waals surface area (Å²) < 4.78 is 0. The van der Waals surface area contributed by atoms with Crippen LogP contribution in [0.5, 0.6) is 0 Å². The number of rotatable bonds is 2. The van der Waals surface area contributed by atoms with Crippen molar-refractivity contribution in [1.29, 1.82) is 0 Å². The predicted molar refractivity (Wildman–Crippen MR) is 97.1 cm³/mol. The summed E-state index contributed by atoms with van der Waals surface area (Å²) in [6.45, 7) is 1.31. The molecule has 1 heterocycles. The maximum Gasteiger partial charge on any atom is 0.311 e. The second-order valence-electron chi connectivity index (χ2n) is 7.69. The van der Waals surface area contributed by atoms with Crippen molar-refractivity contribution in [3.05, 3.63) is 70.2 Å². The highest BCUT2D eigenvalue weighted by Gasteiger charge is 2.68. The SMILES string of the molecule is O=C(O)C12CNCC1C1(c3ccc(Cl)cc3)CCC2c2ccccc21. The van der Waals surface area contributed by atoms with Gasteiger partial charge in [-0.1, -0.05) is 48.0 Å². The number of fused-ring (bicyclic) bond motifs is 1. The maximum absolute atomic E-state index is 12.5. The third kappa shape index (κ3) is 1.73. The fourth-order valence-electron chi connectivity index (χ4n) is 6.10. The van der Waals surface area contributed by atoms with Gasteiger partial charge in [-0.2, -0.15) is 0 Å². The lowest BCUT2D eigenvalue weighted by Crippen LogP contribution is -2.60. The van der Waals surface area contributed by atoms with Gasteiger partial charge in [-0.3, -0.25) is 4.79 Å². The average molecular weight is 354 g/mol. The molecule has 1 saturated heterocycles. The van der Waals surface area contributed by atoms with Gasteiger partial charge in [-0.25, -0.2) is 0 Å². The first-order chi connectivity index (χ1) is 12.1. The summed E-state index contributed by atoms with van der Waals surface area (Å²) in [6, 6.07) is 16.5. The lowest BCUT2D eigenvalue weighted by atomic mass is 9.42. The predicted octanol–water partition coefficient (Wildman–Crippen LogP) is 3.81. The second kappa shape index (κ2) is 5.09. The van der Waals surface area contributed by atoms with Crippen LogP contribution in [-0.4, -0.2) is 24.2 Å². The minimum Gasteiger partial charge on any atom is -0.481 e. The highest BCUT2D eigenvalue weighted by atomic mass is 35.5. The standard InChI is InChI=1S/C21H20ClNO2/c22-14-7-5-13(6-8-14)20-10-9-17(15-3-1-2-4-16(15)20)21(19(24)25)12-23-11-18(20)21/h1-8,17-18,23H,9-12H2,(H,24,25). The van der Waals surface area contributed by atoms with Crippen molar-refractivity contribution in [2.45, 2.75) is 24.2 Å². The molecular weight excluding hydrogens is 334 g/mol. The molecule has 0 amide bonds. The van der Waals surface area contributed by atoms with Crippen LogP contribution < -0.4 is 5.32 Å². The van der Waals surface area contributed by atoms with Gasteiger partial charge < -0.3 is 10.4 Å². The Bertz CT molecular complexity index is 864. The summed E-state index contributed by atoms with van der Waals surface area (Å²) in [4.78, 5) is 12.5. The molecular formula is C21H20ClNO2. The van der Waals surface area contributed by atoms with E-state index in [1.54, 1.807) is 0 Å². The van der Waals surface area contributed by atoms with Gasteiger partial charge in [0.2, 0.25) is 0 Å². The summed E-state index contributed by atoms with van der Waals surface area (Å²) in [7, 11) is 0. The molecule has 3 aliphatic carbocycles. The minimum absolute atomic E-state index is 0.0623. The zero-order valence-corrected chi connectivity index (χ0v) is 14.6. The molecule has 2 N–H and O–H groups in total. The van der Waals surface area contributed by atoms with Crippen LogP contribution in [0.1, 0.15) is 35.4 Å². The number of benzene rings is 2. The number of nitrogens with one attached hydrogen (secondary N) is 1. The van der Waals surface area contributed by atoms with E-state index in [1.807, 2.05) is 18.2 Å². The molecule has 3 nitrogen and oxygen atoms in total. The van der Waals surface area contributed by atoms with Crippen molar-refractivity contribution in [2.75, 3.05) is 13.1 Å². The van der Waals surface area contributed by atoms with Gasteiger partial charge in [0.15, 0.2) is 0 Å². The molecule has 2 aromatic carbocycles. The Labute approximate surface area is 152 Å². The summed E-state index contributed by atoms with van der Waals surface area (Å²) in [5.74, 6) is -0.497. The molecule has 4 atom stereocenters. The molecule has 0 spiro atoms. The molecule has 2 bridgehead atoms. The van der Waals surface area contributed by atoms with Crippen molar-refractivity contribution in [3.8, 4) is 0 Å². The molecule has 4 heteroatoms. The fourth-order valence-corrected chi connectivity index (χ4v) is 6.22. The van der Waals surface area contributed by atoms with E-state index in [0.29, 0.717) is 11.6 Å². The summed E-state index contributed by atoms with van der Waals surface area (Å²) >= 11 is 6.13. The van der Waals surface area contributed by atoms with Gasteiger partial charge in [-0.15, -0.1) is 0 Å². The topological polar surface area (TPSA) is 49.3 Å². The Morgan fingerprint density at radius 2 is 1.92 bits per heavy atom. The monoisotopic (exact) mass is 353 g/mol. The first kappa shape index (κ1) is 15.4. The zero-order valence-electron chi connectivity index (χ0n) is 13.8. The van der Waals surface area contributed by atoms with Gasteiger partial charge in [0.25, 0.3) is 0 Å². The number of hydrogen-bond donors (Lipinski definition) is 2. The number of aliphatic carboxylic acids is 1. The Balaban J connectivity index is 1.84. The highest BCUT2D eigenvalue weighted by Crippen LogP contribution is 2.67. The summed E-state index contributed by atoms with van der Waals surface area (Å²) in [6.07, 6.45) is 1.92. The van der Waals surface area contributed by atoms with Crippen LogP contribution in [0.15, 0.2) is 48.5 Å². The van der Waals surface area contributed by atoms with E-state index in [2.05, 4.69) is 35.6 Å². The van der Waals surface area contributed by atoms with E-state index in [-0.39, 0.29) is 17.3 Å². The molecule has 0 aromatic heterocycles. The molecule has 128 valence electrons. The first-order valence-corrected chi connectivity index (χ1v) is 9.28. The third-order valence-corrected chi connectivity index (χ3v) is 7.26. The Morgan fingerprint density at radius 1 is 1.16 bits per heavy atom. The van der Waals surface area contributed by atoms with Gasteiger partial charge in [0.1, 0.15) is 0 Å². The lowest BCUT2D eigenvalue weighted by Gasteiger charge is -2.59. The van der Waals surface area contributed by atoms with Gasteiger partial charge >= 0.3 is 5.97 Å². The average Bonchev–Trinajstić information content (AvgIpc) is 3.11. The molecule has 1 saturated carbocycles. The first-order valence-electron chi connectivity index (χ1n) is 8.90. The van der Waals surface area contributed by atoms with Crippen LogP contribution in [0.2, 0.25) is 5.02 Å². The molecule has 25 heavy (non-hydrogen) atoms. The Hall–Kier alpha value is -1.84. The van der Waals surface area contributed by atoms with Crippen molar-refractivity contribution in [3.63, 3.8) is 0 Å². The number of carboxylic acids is 1. The fraction of sp³-hybridized carbons (Fsp3) is 0.381. The van der Waals surface area contributed by atoms with Crippen molar-refractivity contribution < 1.29 is 9.90 Å². The summed E-state index contributed by atoms with van der Waals surface area (Å²) in [5, 5.41) is 14.4. The van der Waals surface area contributed by atoms with E-state index in [0.717, 1.165) is 19.4 Å². The maximum atomic E-state index is 12.5. The molecule has 0 radical (unpaired) electrons. The van der Waals surface area contributed by atoms with Crippen LogP contribution in [0.3, 0.4) is 0 Å². The lowest BCUT2D eigenvalue weighted by molar-refractivity contribution is -0.157.